The highest BCUT2D eigenvalue weighted by atomic mass is 14.5. The average Bonchev–Trinajstić information content (AvgIpc) is 3.12. The van der Waals surface area contributed by atoms with E-state index in [4.69, 9.17) is 0 Å². The van der Waals surface area contributed by atoms with Crippen molar-refractivity contribution < 1.29 is 0 Å². The van der Waals surface area contributed by atoms with Crippen molar-refractivity contribution in [3.63, 3.8) is 0 Å². The van der Waals surface area contributed by atoms with Crippen LogP contribution in [-0.2, 0) is 5.41 Å². The van der Waals surface area contributed by atoms with Gasteiger partial charge >= 0.3 is 0 Å². The van der Waals surface area contributed by atoms with Crippen molar-refractivity contribution in [1.82, 2.24) is 0 Å². The second kappa shape index (κ2) is 9.18. The molecule has 156 valence electrons. The van der Waals surface area contributed by atoms with Gasteiger partial charge in [-0.25, -0.2) is 0 Å². The van der Waals surface area contributed by atoms with Gasteiger partial charge in [-0.05, 0) is 72.3 Å². The predicted octanol–water partition coefficient (Wildman–Crippen LogP) is 8.53. The van der Waals surface area contributed by atoms with Gasteiger partial charge in [0.1, 0.15) is 0 Å². The van der Waals surface area contributed by atoms with Crippen LogP contribution in [0.3, 0.4) is 0 Å². The van der Waals surface area contributed by atoms with Gasteiger partial charge in [0.05, 0.1) is 5.41 Å². The maximum Gasteiger partial charge on any atom is 0.0721 e. The quantitative estimate of drug-likeness (QED) is 0.417. The number of allylic oxidation sites excluding steroid dienone is 17. The van der Waals surface area contributed by atoms with E-state index in [1.807, 2.05) is 25.2 Å². The molecule has 1 atom stereocenters. The van der Waals surface area contributed by atoms with Crippen LogP contribution in [0.1, 0.15) is 38.8 Å². The van der Waals surface area contributed by atoms with Gasteiger partial charge in [-0.2, -0.15) is 0 Å². The smallest absolute Gasteiger partial charge is 0.0721 e. The topological polar surface area (TPSA) is 0 Å². The molecule has 0 saturated heterocycles. The van der Waals surface area contributed by atoms with Crippen molar-refractivity contribution in [2.45, 2.75) is 33.1 Å². The molecule has 2 aliphatic rings. The molecule has 0 N–H and O–H groups in total. The molecule has 0 nitrogen and oxygen atoms in total. The van der Waals surface area contributed by atoms with Gasteiger partial charge in [-0.1, -0.05) is 110 Å². The van der Waals surface area contributed by atoms with Crippen molar-refractivity contribution >= 4 is 5.57 Å². The molecule has 0 amide bonds. The molecule has 1 unspecified atom stereocenters. The van der Waals surface area contributed by atoms with Gasteiger partial charge in [0.2, 0.25) is 0 Å². The van der Waals surface area contributed by atoms with Crippen LogP contribution in [0.4, 0.5) is 0 Å². The van der Waals surface area contributed by atoms with Crippen molar-refractivity contribution in [3.05, 3.63) is 149 Å². The van der Waals surface area contributed by atoms with Gasteiger partial charge in [0.15, 0.2) is 0 Å². The zero-order valence-electron chi connectivity index (χ0n) is 19.2. The molecule has 1 aromatic carbocycles. The minimum Gasteiger partial charge on any atom is -0.0991 e. The van der Waals surface area contributed by atoms with Crippen LogP contribution in [0.2, 0.25) is 0 Å². The molecule has 0 heteroatoms. The third-order valence-electron chi connectivity index (χ3n) is 6.00. The highest BCUT2D eigenvalue weighted by Gasteiger charge is 2.52. The summed E-state index contributed by atoms with van der Waals surface area (Å²) in [5.74, 6) is 0. The number of benzene rings is 1. The third-order valence-corrected chi connectivity index (χ3v) is 6.00. The van der Waals surface area contributed by atoms with Crippen LogP contribution < -0.4 is 0 Å². The Bertz CT molecular complexity index is 1150. The monoisotopic (exact) mass is 404 g/mol. The van der Waals surface area contributed by atoms with E-state index in [0.29, 0.717) is 0 Å². The standard InChI is InChI=1S/C31H32/c1-8-11-19-27-24(7)26-18-12-13-20-30(26)31(27)28(21-14-17-22(4)5)23(6)25(15-9-2)29(31)16-10-3/h8-21H,1,4,6H2,2-3,5,7H3/b15-9-,16-10-,17-14-,19-11-,28-21+. The van der Waals surface area contributed by atoms with Gasteiger partial charge in [0.25, 0.3) is 0 Å². The lowest BCUT2D eigenvalue weighted by Gasteiger charge is -2.33. The summed E-state index contributed by atoms with van der Waals surface area (Å²) in [6.45, 7) is 20.9. The van der Waals surface area contributed by atoms with E-state index in [9.17, 15) is 0 Å². The van der Waals surface area contributed by atoms with Gasteiger partial charge < -0.3 is 0 Å². The van der Waals surface area contributed by atoms with Crippen molar-refractivity contribution in [1.29, 1.82) is 0 Å². The third kappa shape index (κ3) is 3.53. The Morgan fingerprint density at radius 2 is 1.68 bits per heavy atom. The fourth-order valence-electron chi connectivity index (χ4n) is 4.86. The lowest BCUT2D eigenvalue weighted by atomic mass is 9.68. The normalized spacial score (nSPS) is 22.6. The molecule has 0 heterocycles. The van der Waals surface area contributed by atoms with E-state index in [1.54, 1.807) is 0 Å². The van der Waals surface area contributed by atoms with E-state index < -0.39 is 5.41 Å². The molecule has 2 aliphatic carbocycles. The number of rotatable bonds is 6. The minimum atomic E-state index is -0.405. The summed E-state index contributed by atoms with van der Waals surface area (Å²) in [7, 11) is 0. The zero-order chi connectivity index (χ0) is 22.6. The first kappa shape index (κ1) is 22.3. The van der Waals surface area contributed by atoms with Crippen LogP contribution >= 0.6 is 0 Å². The summed E-state index contributed by atoms with van der Waals surface area (Å²) in [6, 6.07) is 8.75. The van der Waals surface area contributed by atoms with Crippen molar-refractivity contribution in [3.8, 4) is 0 Å². The first-order valence-corrected chi connectivity index (χ1v) is 10.8. The van der Waals surface area contributed by atoms with Gasteiger partial charge in [-0.15, -0.1) is 0 Å². The summed E-state index contributed by atoms with van der Waals surface area (Å²) in [4.78, 5) is 0. The lowest BCUT2D eigenvalue weighted by Crippen LogP contribution is -2.28. The SMILES string of the molecule is C=C/C=C\C1=C(C)c2ccccc2C12C(/C=C\C)=C(/C=C\C)C(=C)/C2=C\C=C/C(=C)C. The largest absolute Gasteiger partial charge is 0.0991 e. The Balaban J connectivity index is 2.52. The highest BCUT2D eigenvalue weighted by Crippen LogP contribution is 2.62. The second-order valence-corrected chi connectivity index (χ2v) is 8.02. The minimum absolute atomic E-state index is 0.405. The van der Waals surface area contributed by atoms with E-state index in [0.717, 1.165) is 11.1 Å². The fourth-order valence-corrected chi connectivity index (χ4v) is 4.86. The molecule has 0 bridgehead atoms. The summed E-state index contributed by atoms with van der Waals surface area (Å²) in [6.07, 6.45) is 21.1. The number of fused-ring (bicyclic) bond motifs is 2. The molecule has 0 aromatic heterocycles. The highest BCUT2D eigenvalue weighted by molar-refractivity contribution is 5.91. The van der Waals surface area contributed by atoms with Crippen LogP contribution in [-0.4, -0.2) is 0 Å². The first-order valence-electron chi connectivity index (χ1n) is 10.8. The molecule has 1 spiro atoms. The van der Waals surface area contributed by atoms with E-state index >= 15 is 0 Å². The van der Waals surface area contributed by atoms with E-state index in [2.05, 4.69) is 107 Å². The summed E-state index contributed by atoms with van der Waals surface area (Å²) in [5, 5.41) is 0. The molecule has 3 rings (SSSR count). The first-order chi connectivity index (χ1) is 14.9. The van der Waals surface area contributed by atoms with Gasteiger partial charge in [0, 0.05) is 0 Å². The summed E-state index contributed by atoms with van der Waals surface area (Å²) in [5.41, 5.74) is 10.5. The molecule has 1 aromatic rings. The van der Waals surface area contributed by atoms with Crippen LogP contribution in [0.5, 0.6) is 0 Å². The maximum absolute atomic E-state index is 4.56. The Morgan fingerprint density at radius 3 is 2.32 bits per heavy atom. The Labute approximate surface area is 188 Å². The molecular weight excluding hydrogens is 372 g/mol. The summed E-state index contributed by atoms with van der Waals surface area (Å²) >= 11 is 0. The summed E-state index contributed by atoms with van der Waals surface area (Å²) < 4.78 is 0. The Hall–Kier alpha value is -3.38. The molecule has 0 saturated carbocycles. The van der Waals surface area contributed by atoms with Crippen molar-refractivity contribution in [2.75, 3.05) is 0 Å². The van der Waals surface area contributed by atoms with E-state index in [1.165, 1.54) is 39.0 Å². The number of hydrogen-bond donors (Lipinski definition) is 0. The zero-order valence-corrected chi connectivity index (χ0v) is 19.2. The maximum atomic E-state index is 4.56. The lowest BCUT2D eigenvalue weighted by molar-refractivity contribution is 0.775. The van der Waals surface area contributed by atoms with Gasteiger partial charge in [-0.3, -0.25) is 0 Å². The molecule has 31 heavy (non-hydrogen) atoms. The molecule has 0 radical (unpaired) electrons. The van der Waals surface area contributed by atoms with Crippen LogP contribution in [0.25, 0.3) is 5.57 Å². The number of hydrogen-bond acceptors (Lipinski definition) is 0. The predicted molar refractivity (Wildman–Crippen MR) is 138 cm³/mol. The Morgan fingerprint density at radius 1 is 0.968 bits per heavy atom. The fraction of sp³-hybridized carbons (Fsp3) is 0.161. The molecule has 0 fully saturated rings. The molecule has 0 aliphatic heterocycles. The van der Waals surface area contributed by atoms with E-state index in [-0.39, 0.29) is 0 Å². The van der Waals surface area contributed by atoms with Crippen LogP contribution in [0.15, 0.2) is 138 Å². The van der Waals surface area contributed by atoms with Crippen molar-refractivity contribution in [2.24, 2.45) is 0 Å². The second-order valence-electron chi connectivity index (χ2n) is 8.02. The Kier molecular flexibility index (Phi) is 6.61. The van der Waals surface area contributed by atoms with Crippen LogP contribution in [0, 0.1) is 0 Å². The average molecular weight is 405 g/mol. The molecular formula is C31H32.